The van der Waals surface area contributed by atoms with E-state index in [1.807, 2.05) is 0 Å². The highest BCUT2D eigenvalue weighted by atomic mass is 16.5. The number of aliphatic hydroxyl groups excluding tert-OH is 1. The Labute approximate surface area is 93.9 Å². The van der Waals surface area contributed by atoms with Crippen LogP contribution in [0.5, 0.6) is 0 Å². The molecule has 1 aliphatic heterocycles. The van der Waals surface area contributed by atoms with Gasteiger partial charge in [0.1, 0.15) is 5.60 Å². The van der Waals surface area contributed by atoms with Crippen LogP contribution >= 0.6 is 0 Å². The molecule has 16 heavy (non-hydrogen) atoms. The molecule has 1 aliphatic rings. The van der Waals surface area contributed by atoms with E-state index in [9.17, 15) is 14.7 Å². The van der Waals surface area contributed by atoms with Crippen LogP contribution in [-0.4, -0.2) is 48.9 Å². The molecule has 0 spiro atoms. The van der Waals surface area contributed by atoms with Gasteiger partial charge in [0.2, 0.25) is 0 Å². The van der Waals surface area contributed by atoms with Crippen LogP contribution in [0.15, 0.2) is 0 Å². The summed E-state index contributed by atoms with van der Waals surface area (Å²) in [6, 6.07) is 0. The van der Waals surface area contributed by atoms with Gasteiger partial charge in [0.15, 0.2) is 6.10 Å². The first-order valence-electron chi connectivity index (χ1n) is 5.18. The second-order valence-corrected chi connectivity index (χ2v) is 3.93. The normalized spacial score (nSPS) is 26.2. The Kier molecular flexibility index (Phi) is 4.26. The van der Waals surface area contributed by atoms with Crippen molar-refractivity contribution in [1.82, 2.24) is 5.32 Å². The lowest BCUT2D eigenvalue weighted by molar-refractivity contribution is -0.151. The number of carbonyl (C=O) groups excluding carboxylic acids is 2. The summed E-state index contributed by atoms with van der Waals surface area (Å²) in [6.07, 6.45) is 0.148. The zero-order valence-corrected chi connectivity index (χ0v) is 9.49. The van der Waals surface area contributed by atoms with E-state index in [0.717, 1.165) is 6.42 Å². The summed E-state index contributed by atoms with van der Waals surface area (Å²) in [5.74, 6) is -1.08. The van der Waals surface area contributed by atoms with E-state index in [0.29, 0.717) is 13.0 Å². The van der Waals surface area contributed by atoms with E-state index in [-0.39, 0.29) is 12.5 Å². The van der Waals surface area contributed by atoms with Crippen LogP contribution in [0.3, 0.4) is 0 Å². The Hall–Kier alpha value is -1.14. The number of rotatable bonds is 4. The lowest BCUT2D eigenvalue weighted by Crippen LogP contribution is -2.47. The number of ether oxygens (including phenoxy) is 2. The molecule has 1 fully saturated rings. The van der Waals surface area contributed by atoms with Gasteiger partial charge in [0, 0.05) is 6.61 Å². The quantitative estimate of drug-likeness (QED) is 0.619. The third-order valence-corrected chi connectivity index (χ3v) is 2.63. The molecule has 2 N–H and O–H groups in total. The summed E-state index contributed by atoms with van der Waals surface area (Å²) in [4.78, 5) is 22.6. The Morgan fingerprint density at radius 3 is 2.81 bits per heavy atom. The maximum Gasteiger partial charge on any atom is 0.336 e. The van der Waals surface area contributed by atoms with E-state index in [4.69, 9.17) is 4.74 Å². The number of methoxy groups -OCH3 is 1. The average molecular weight is 231 g/mol. The predicted octanol–water partition coefficient (Wildman–Crippen LogP) is -0.794. The van der Waals surface area contributed by atoms with Crippen LogP contribution < -0.4 is 5.32 Å². The van der Waals surface area contributed by atoms with Crippen LogP contribution in [0.1, 0.15) is 19.8 Å². The van der Waals surface area contributed by atoms with E-state index in [2.05, 4.69) is 10.1 Å². The maximum atomic E-state index is 11.7. The number of aliphatic hydroxyl groups is 1. The number of amides is 1. The summed E-state index contributed by atoms with van der Waals surface area (Å²) >= 11 is 0. The number of hydrogen-bond acceptors (Lipinski definition) is 5. The lowest BCUT2D eigenvalue weighted by Gasteiger charge is -2.22. The van der Waals surface area contributed by atoms with Crippen molar-refractivity contribution in [2.24, 2.45) is 0 Å². The monoisotopic (exact) mass is 231 g/mol. The molecule has 1 saturated heterocycles. The molecule has 6 nitrogen and oxygen atoms in total. The molecule has 2 unspecified atom stereocenters. The summed E-state index contributed by atoms with van der Waals surface area (Å²) in [5, 5.41) is 11.7. The first kappa shape index (κ1) is 12.9. The molecule has 0 aromatic rings. The van der Waals surface area contributed by atoms with Crippen LogP contribution in [-0.2, 0) is 19.1 Å². The van der Waals surface area contributed by atoms with Gasteiger partial charge >= 0.3 is 5.97 Å². The molecule has 0 saturated carbocycles. The first-order valence-corrected chi connectivity index (χ1v) is 5.18. The van der Waals surface area contributed by atoms with Gasteiger partial charge in [-0.25, -0.2) is 4.79 Å². The first-order chi connectivity index (χ1) is 7.49. The van der Waals surface area contributed by atoms with Crippen molar-refractivity contribution in [3.8, 4) is 0 Å². The highest BCUT2D eigenvalue weighted by Gasteiger charge is 2.37. The van der Waals surface area contributed by atoms with Crippen molar-refractivity contribution >= 4 is 11.9 Å². The van der Waals surface area contributed by atoms with Crippen molar-refractivity contribution in [3.05, 3.63) is 0 Å². The van der Waals surface area contributed by atoms with Crippen molar-refractivity contribution in [2.75, 3.05) is 20.3 Å². The van der Waals surface area contributed by atoms with Gasteiger partial charge in [0.05, 0.1) is 13.7 Å². The standard InChI is InChI=1S/C10H17NO5/c1-10(4-3-5-16-10)9(14)11-6-7(12)8(13)15-2/h7,12H,3-6H2,1-2H3,(H,11,14). The number of carbonyl (C=O) groups is 2. The number of hydrogen-bond donors (Lipinski definition) is 2. The molecule has 1 amide bonds. The largest absolute Gasteiger partial charge is 0.467 e. The Morgan fingerprint density at radius 1 is 1.62 bits per heavy atom. The predicted molar refractivity (Wildman–Crippen MR) is 54.6 cm³/mol. The van der Waals surface area contributed by atoms with Crippen molar-refractivity contribution < 1.29 is 24.2 Å². The smallest absolute Gasteiger partial charge is 0.336 e. The molecular weight excluding hydrogens is 214 g/mol. The second kappa shape index (κ2) is 5.27. The van der Waals surface area contributed by atoms with Crippen LogP contribution in [0.4, 0.5) is 0 Å². The van der Waals surface area contributed by atoms with Crippen LogP contribution in [0, 0.1) is 0 Å². The third kappa shape index (κ3) is 2.93. The van der Waals surface area contributed by atoms with E-state index in [1.165, 1.54) is 7.11 Å². The summed E-state index contributed by atoms with van der Waals surface area (Å²) in [5.41, 5.74) is -0.837. The second-order valence-electron chi connectivity index (χ2n) is 3.93. The number of esters is 1. The number of nitrogens with one attached hydrogen (secondary N) is 1. The summed E-state index contributed by atoms with van der Waals surface area (Å²) in [6.45, 7) is 2.09. The van der Waals surface area contributed by atoms with Crippen molar-refractivity contribution in [1.29, 1.82) is 0 Å². The Morgan fingerprint density at radius 2 is 2.31 bits per heavy atom. The zero-order chi connectivity index (χ0) is 12.2. The van der Waals surface area contributed by atoms with Gasteiger partial charge in [-0.15, -0.1) is 0 Å². The van der Waals surface area contributed by atoms with Crippen molar-refractivity contribution in [3.63, 3.8) is 0 Å². The van der Waals surface area contributed by atoms with Crippen LogP contribution in [0.2, 0.25) is 0 Å². The van der Waals surface area contributed by atoms with E-state index in [1.54, 1.807) is 6.92 Å². The Bertz CT molecular complexity index is 272. The third-order valence-electron chi connectivity index (χ3n) is 2.63. The van der Waals surface area contributed by atoms with Gasteiger partial charge in [-0.2, -0.15) is 0 Å². The van der Waals surface area contributed by atoms with E-state index < -0.39 is 17.7 Å². The van der Waals surface area contributed by atoms with Gasteiger partial charge < -0.3 is 19.9 Å². The fourth-order valence-electron chi connectivity index (χ4n) is 1.55. The minimum atomic E-state index is -1.33. The molecular formula is C10H17NO5. The lowest BCUT2D eigenvalue weighted by atomic mass is 10.0. The molecule has 1 rings (SSSR count). The topological polar surface area (TPSA) is 84.9 Å². The molecule has 6 heteroatoms. The molecule has 1 heterocycles. The molecule has 0 aromatic carbocycles. The minimum Gasteiger partial charge on any atom is -0.467 e. The zero-order valence-electron chi connectivity index (χ0n) is 9.49. The maximum absolute atomic E-state index is 11.7. The Balaban J connectivity index is 2.37. The average Bonchev–Trinajstić information content (AvgIpc) is 2.72. The fraction of sp³-hybridized carbons (Fsp3) is 0.800. The van der Waals surface area contributed by atoms with Gasteiger partial charge in [0.25, 0.3) is 5.91 Å². The SMILES string of the molecule is COC(=O)C(O)CNC(=O)C1(C)CCCO1. The summed E-state index contributed by atoms with van der Waals surface area (Å²) < 4.78 is 9.63. The molecule has 0 bridgehead atoms. The molecule has 0 aliphatic carbocycles. The van der Waals surface area contributed by atoms with Crippen molar-refractivity contribution in [2.45, 2.75) is 31.5 Å². The van der Waals surface area contributed by atoms with Crippen LogP contribution in [0.25, 0.3) is 0 Å². The molecule has 0 radical (unpaired) electrons. The minimum absolute atomic E-state index is 0.162. The summed E-state index contributed by atoms with van der Waals surface area (Å²) in [7, 11) is 1.18. The highest BCUT2D eigenvalue weighted by Crippen LogP contribution is 2.24. The van der Waals surface area contributed by atoms with Gasteiger partial charge in [-0.1, -0.05) is 0 Å². The molecule has 0 aromatic heterocycles. The van der Waals surface area contributed by atoms with E-state index >= 15 is 0 Å². The molecule has 2 atom stereocenters. The fourth-order valence-corrected chi connectivity index (χ4v) is 1.55. The van der Waals surface area contributed by atoms with Gasteiger partial charge in [-0.05, 0) is 19.8 Å². The highest BCUT2D eigenvalue weighted by molar-refractivity contribution is 5.85. The molecule has 92 valence electrons. The van der Waals surface area contributed by atoms with Gasteiger partial charge in [-0.3, -0.25) is 4.79 Å².